The van der Waals surface area contributed by atoms with Crippen LogP contribution < -0.4 is 5.32 Å². The van der Waals surface area contributed by atoms with Gasteiger partial charge in [-0.1, -0.05) is 0 Å². The largest absolute Gasteiger partial charge is 0.480 e. The van der Waals surface area contributed by atoms with Crippen molar-refractivity contribution in [2.75, 3.05) is 11.9 Å². The maximum atomic E-state index is 10.4. The molecule has 2 aromatic heterocycles. The number of aromatic nitrogens is 3. The Kier molecular flexibility index (Phi) is 2.69. The van der Waals surface area contributed by atoms with Crippen molar-refractivity contribution in [1.82, 2.24) is 15.0 Å². The van der Waals surface area contributed by atoms with Gasteiger partial charge in [0.05, 0.1) is 15.4 Å². The molecule has 2 rings (SSSR count). The number of thiazole rings is 1. The Labute approximate surface area is 95.4 Å². The Balaban J connectivity index is 2.37. The van der Waals surface area contributed by atoms with Gasteiger partial charge in [0.1, 0.15) is 6.54 Å². The topological polar surface area (TPSA) is 88.0 Å². The van der Waals surface area contributed by atoms with Crippen LogP contribution in [-0.4, -0.2) is 32.6 Å². The van der Waals surface area contributed by atoms with Crippen molar-refractivity contribution < 1.29 is 9.90 Å². The van der Waals surface area contributed by atoms with E-state index >= 15 is 0 Å². The highest BCUT2D eigenvalue weighted by molar-refractivity contribution is 7.18. The van der Waals surface area contributed by atoms with Crippen molar-refractivity contribution in [3.63, 3.8) is 0 Å². The molecule has 0 saturated carbocycles. The molecule has 0 aliphatic heterocycles. The molecule has 0 fully saturated rings. The third kappa shape index (κ3) is 2.08. The van der Waals surface area contributed by atoms with Gasteiger partial charge in [-0.2, -0.15) is 4.98 Å². The number of fused-ring (bicyclic) bond motifs is 1. The zero-order valence-electron chi connectivity index (χ0n) is 8.81. The van der Waals surface area contributed by atoms with Gasteiger partial charge in [-0.3, -0.25) is 4.79 Å². The molecule has 7 heteroatoms. The Hall–Kier alpha value is -1.76. The maximum Gasteiger partial charge on any atom is 0.322 e. The minimum atomic E-state index is -0.948. The summed E-state index contributed by atoms with van der Waals surface area (Å²) in [5.74, 6) is -0.645. The van der Waals surface area contributed by atoms with Gasteiger partial charge in [0.25, 0.3) is 0 Å². The lowest BCUT2D eigenvalue weighted by Crippen LogP contribution is -2.14. The number of hydrogen-bond acceptors (Lipinski definition) is 6. The highest BCUT2D eigenvalue weighted by atomic mass is 32.1. The van der Waals surface area contributed by atoms with Crippen molar-refractivity contribution >= 4 is 33.6 Å². The molecule has 0 unspecified atom stereocenters. The monoisotopic (exact) mass is 238 g/mol. The van der Waals surface area contributed by atoms with E-state index in [0.717, 1.165) is 15.4 Å². The number of aryl methyl sites for hydroxylation is 2. The lowest BCUT2D eigenvalue weighted by Gasteiger charge is -2.02. The summed E-state index contributed by atoms with van der Waals surface area (Å²) >= 11 is 1.53. The quantitative estimate of drug-likeness (QED) is 0.835. The van der Waals surface area contributed by atoms with Crippen LogP contribution in [0, 0.1) is 13.8 Å². The van der Waals surface area contributed by atoms with E-state index in [1.54, 1.807) is 0 Å². The van der Waals surface area contributed by atoms with Crippen LogP contribution in [0.1, 0.15) is 10.7 Å². The molecule has 0 aliphatic rings. The van der Waals surface area contributed by atoms with E-state index in [1.165, 1.54) is 11.3 Å². The number of hydrogen-bond donors (Lipinski definition) is 2. The van der Waals surface area contributed by atoms with E-state index < -0.39 is 5.97 Å². The van der Waals surface area contributed by atoms with Crippen LogP contribution in [0.25, 0.3) is 10.3 Å². The average Bonchev–Trinajstić information content (AvgIpc) is 2.56. The van der Waals surface area contributed by atoms with Crippen molar-refractivity contribution in [3.05, 3.63) is 10.7 Å². The molecule has 0 bridgehead atoms. The van der Waals surface area contributed by atoms with Crippen molar-refractivity contribution in [3.8, 4) is 0 Å². The van der Waals surface area contributed by atoms with Crippen LogP contribution in [0.3, 0.4) is 0 Å². The first kappa shape index (κ1) is 10.7. The third-order valence-corrected chi connectivity index (χ3v) is 3.00. The first-order valence-corrected chi connectivity index (χ1v) is 5.45. The van der Waals surface area contributed by atoms with Gasteiger partial charge in [-0.25, -0.2) is 9.97 Å². The molecule has 2 aromatic rings. The van der Waals surface area contributed by atoms with E-state index in [1.807, 2.05) is 13.8 Å². The van der Waals surface area contributed by atoms with Gasteiger partial charge in [-0.15, -0.1) is 11.3 Å². The van der Waals surface area contributed by atoms with Crippen LogP contribution in [0.4, 0.5) is 5.95 Å². The lowest BCUT2D eigenvalue weighted by molar-refractivity contribution is -0.134. The normalized spacial score (nSPS) is 10.6. The van der Waals surface area contributed by atoms with E-state index in [9.17, 15) is 4.79 Å². The number of carbonyl (C=O) groups is 1. The van der Waals surface area contributed by atoms with Crippen molar-refractivity contribution in [1.29, 1.82) is 0 Å². The van der Waals surface area contributed by atoms with Gasteiger partial charge in [0.2, 0.25) is 5.95 Å². The standard InChI is InChI=1S/C9H10N4O2S/c1-4-7-8(12-5(2)16-7)13-9(11-4)10-3-6(14)15/h3H2,1-2H3,(H,14,15)(H,10,11,13). The van der Waals surface area contributed by atoms with Gasteiger partial charge in [-0.05, 0) is 13.8 Å². The predicted octanol–water partition coefficient (Wildman–Crippen LogP) is 1.20. The van der Waals surface area contributed by atoms with E-state index in [2.05, 4.69) is 20.3 Å². The molecule has 2 N–H and O–H groups in total. The number of rotatable bonds is 3. The summed E-state index contributed by atoms with van der Waals surface area (Å²) in [5.41, 5.74) is 1.42. The molecule has 0 aromatic carbocycles. The van der Waals surface area contributed by atoms with Crippen LogP contribution in [-0.2, 0) is 4.79 Å². The molecule has 0 aliphatic carbocycles. The summed E-state index contributed by atoms with van der Waals surface area (Å²) in [5, 5.41) is 12.1. The minimum absolute atomic E-state index is 0.200. The van der Waals surface area contributed by atoms with Crippen LogP contribution in [0.2, 0.25) is 0 Å². The predicted molar refractivity (Wildman–Crippen MR) is 60.8 cm³/mol. The zero-order chi connectivity index (χ0) is 11.7. The molecule has 0 atom stereocenters. The molecule has 6 nitrogen and oxygen atoms in total. The van der Waals surface area contributed by atoms with Gasteiger partial charge in [0, 0.05) is 0 Å². The second-order valence-corrected chi connectivity index (χ2v) is 4.47. The minimum Gasteiger partial charge on any atom is -0.480 e. The second kappa shape index (κ2) is 4.01. The van der Waals surface area contributed by atoms with Gasteiger partial charge in [0.15, 0.2) is 5.65 Å². The Morgan fingerprint density at radius 3 is 2.81 bits per heavy atom. The molecule has 16 heavy (non-hydrogen) atoms. The number of carboxylic acids is 1. The Morgan fingerprint density at radius 2 is 2.12 bits per heavy atom. The number of aliphatic carboxylic acids is 1. The summed E-state index contributed by atoms with van der Waals surface area (Å²) in [6, 6.07) is 0. The Bertz CT molecular complexity index is 552. The fraction of sp³-hybridized carbons (Fsp3) is 0.333. The average molecular weight is 238 g/mol. The smallest absolute Gasteiger partial charge is 0.322 e. The SMILES string of the molecule is Cc1nc2nc(NCC(=O)O)nc(C)c2s1. The molecule has 0 amide bonds. The second-order valence-electron chi connectivity index (χ2n) is 3.27. The number of anilines is 1. The highest BCUT2D eigenvalue weighted by Gasteiger charge is 2.09. The highest BCUT2D eigenvalue weighted by Crippen LogP contribution is 2.23. The molecule has 0 radical (unpaired) electrons. The summed E-state index contributed by atoms with van der Waals surface area (Å²) in [6.45, 7) is 3.55. The van der Waals surface area contributed by atoms with Crippen LogP contribution in [0.15, 0.2) is 0 Å². The summed E-state index contributed by atoms with van der Waals surface area (Å²) in [4.78, 5) is 22.9. The number of carboxylic acid groups (broad SMARTS) is 1. The first-order chi connectivity index (χ1) is 7.56. The zero-order valence-corrected chi connectivity index (χ0v) is 9.63. The fourth-order valence-corrected chi connectivity index (χ4v) is 2.10. The molecule has 2 heterocycles. The third-order valence-electron chi connectivity index (χ3n) is 1.93. The maximum absolute atomic E-state index is 10.4. The van der Waals surface area contributed by atoms with Gasteiger partial charge >= 0.3 is 5.97 Å². The summed E-state index contributed by atoms with van der Waals surface area (Å²) in [7, 11) is 0. The first-order valence-electron chi connectivity index (χ1n) is 4.63. The van der Waals surface area contributed by atoms with Crippen molar-refractivity contribution in [2.24, 2.45) is 0 Å². The summed E-state index contributed by atoms with van der Waals surface area (Å²) in [6.07, 6.45) is 0. The molecule has 0 saturated heterocycles. The van der Waals surface area contributed by atoms with E-state index in [0.29, 0.717) is 11.6 Å². The number of nitrogens with zero attached hydrogens (tertiary/aromatic N) is 3. The lowest BCUT2D eigenvalue weighted by atomic mass is 10.4. The van der Waals surface area contributed by atoms with E-state index in [-0.39, 0.29) is 6.54 Å². The molecule has 0 spiro atoms. The van der Waals surface area contributed by atoms with Crippen molar-refractivity contribution in [2.45, 2.75) is 13.8 Å². The van der Waals surface area contributed by atoms with E-state index in [4.69, 9.17) is 5.11 Å². The molecule has 84 valence electrons. The molecular formula is C9H10N4O2S. The fourth-order valence-electron chi connectivity index (χ4n) is 1.30. The summed E-state index contributed by atoms with van der Waals surface area (Å²) < 4.78 is 0.943. The molecular weight excluding hydrogens is 228 g/mol. The van der Waals surface area contributed by atoms with Crippen LogP contribution >= 0.6 is 11.3 Å². The van der Waals surface area contributed by atoms with Crippen LogP contribution in [0.5, 0.6) is 0 Å². The Morgan fingerprint density at radius 1 is 1.38 bits per heavy atom. The van der Waals surface area contributed by atoms with Gasteiger partial charge < -0.3 is 10.4 Å². The number of nitrogens with one attached hydrogen (secondary N) is 1.